The molecule has 7 heteroatoms. The molecule has 2 N–H and O–H groups in total. The van der Waals surface area contributed by atoms with Crippen molar-refractivity contribution < 1.29 is 0 Å². The van der Waals surface area contributed by atoms with Gasteiger partial charge in [-0.2, -0.15) is 5.10 Å². The number of nitrogens with two attached hydrogens (primary N) is 1. The number of para-hydroxylation sites is 1. The Morgan fingerprint density at radius 2 is 1.75 bits per heavy atom. The van der Waals surface area contributed by atoms with E-state index in [1.165, 1.54) is 6.33 Å². The number of aryl methyl sites for hydroxylation is 3. The molecule has 0 radical (unpaired) electrons. The fourth-order valence-electron chi connectivity index (χ4n) is 4.40. The summed E-state index contributed by atoms with van der Waals surface area (Å²) in [6, 6.07) is 15.9. The van der Waals surface area contributed by atoms with Crippen molar-refractivity contribution >= 4 is 27.6 Å². The first kappa shape index (κ1) is 19.9. The molecule has 5 rings (SSSR count). The van der Waals surface area contributed by atoms with Gasteiger partial charge in [0, 0.05) is 5.69 Å². The first-order valence-corrected chi connectivity index (χ1v) is 10.7. The SMILES string of the molecule is CCc1nn(Cc2cc3cccc(C)c3c(=O)n2-c2ccccc2C)c2ncnc(N)c12. The standard InChI is InChI=1S/C25H24N6O/c1-4-19-22-23(26)27-14-28-24(22)30(29-19)13-18-12-17-10-7-9-16(3)21(17)25(32)31(18)20-11-6-5-8-15(20)2/h5-12,14H,4,13H2,1-3H3,(H2,26,27,28). The van der Waals surface area contributed by atoms with Gasteiger partial charge in [-0.1, -0.05) is 43.3 Å². The molecule has 0 aliphatic carbocycles. The van der Waals surface area contributed by atoms with Crippen molar-refractivity contribution in [3.63, 3.8) is 0 Å². The van der Waals surface area contributed by atoms with Crippen molar-refractivity contribution in [1.29, 1.82) is 0 Å². The number of benzene rings is 2. The number of pyridine rings is 1. The Labute approximate surface area is 185 Å². The fraction of sp³-hybridized carbons (Fsp3) is 0.200. The summed E-state index contributed by atoms with van der Waals surface area (Å²) in [5, 5.41) is 7.18. The second-order valence-corrected chi connectivity index (χ2v) is 8.02. The third-order valence-electron chi connectivity index (χ3n) is 5.97. The monoisotopic (exact) mass is 424 g/mol. The second kappa shape index (κ2) is 7.60. The third-order valence-corrected chi connectivity index (χ3v) is 5.97. The Bertz CT molecular complexity index is 1550. The number of nitrogen functional groups attached to an aromatic ring is 1. The van der Waals surface area contributed by atoms with Crippen LogP contribution in [0.15, 0.2) is 59.7 Å². The molecule has 2 aromatic carbocycles. The molecule has 5 aromatic rings. The number of hydrogen-bond donors (Lipinski definition) is 1. The van der Waals surface area contributed by atoms with Crippen LogP contribution in [0.4, 0.5) is 5.82 Å². The van der Waals surface area contributed by atoms with Crippen molar-refractivity contribution in [3.8, 4) is 5.69 Å². The molecule has 0 bridgehead atoms. The van der Waals surface area contributed by atoms with E-state index in [4.69, 9.17) is 10.8 Å². The number of aromatic nitrogens is 5. The van der Waals surface area contributed by atoms with Crippen LogP contribution in [0.2, 0.25) is 0 Å². The summed E-state index contributed by atoms with van der Waals surface area (Å²) in [4.78, 5) is 22.4. The quantitative estimate of drug-likeness (QED) is 0.472. The van der Waals surface area contributed by atoms with Gasteiger partial charge in [0.2, 0.25) is 0 Å². The molecule has 160 valence electrons. The van der Waals surface area contributed by atoms with Crippen LogP contribution in [0.3, 0.4) is 0 Å². The van der Waals surface area contributed by atoms with Gasteiger partial charge in [0.25, 0.3) is 5.56 Å². The highest BCUT2D eigenvalue weighted by molar-refractivity contribution is 5.88. The number of fused-ring (bicyclic) bond motifs is 2. The summed E-state index contributed by atoms with van der Waals surface area (Å²) < 4.78 is 3.62. The molecule has 3 heterocycles. The van der Waals surface area contributed by atoms with Gasteiger partial charge in [0.05, 0.1) is 28.7 Å². The highest BCUT2D eigenvalue weighted by atomic mass is 16.1. The van der Waals surface area contributed by atoms with Crippen molar-refractivity contribution in [3.05, 3.63) is 87.7 Å². The molecule has 0 saturated carbocycles. The van der Waals surface area contributed by atoms with Crippen molar-refractivity contribution in [2.45, 2.75) is 33.7 Å². The summed E-state index contributed by atoms with van der Waals surface area (Å²) >= 11 is 0. The van der Waals surface area contributed by atoms with E-state index < -0.39 is 0 Å². The zero-order valence-corrected chi connectivity index (χ0v) is 18.3. The molecule has 0 fully saturated rings. The highest BCUT2D eigenvalue weighted by Crippen LogP contribution is 2.25. The predicted molar refractivity (Wildman–Crippen MR) is 127 cm³/mol. The first-order valence-electron chi connectivity index (χ1n) is 10.7. The van der Waals surface area contributed by atoms with Crippen LogP contribution in [-0.4, -0.2) is 24.3 Å². The van der Waals surface area contributed by atoms with E-state index >= 15 is 0 Å². The van der Waals surface area contributed by atoms with Crippen molar-refractivity contribution in [1.82, 2.24) is 24.3 Å². The van der Waals surface area contributed by atoms with Crippen LogP contribution in [0, 0.1) is 13.8 Å². The molecule has 0 saturated heterocycles. The zero-order chi connectivity index (χ0) is 22.4. The molecule has 0 atom stereocenters. The van der Waals surface area contributed by atoms with Gasteiger partial charge in [0.1, 0.15) is 12.1 Å². The number of hydrogen-bond acceptors (Lipinski definition) is 5. The van der Waals surface area contributed by atoms with Crippen LogP contribution in [0.5, 0.6) is 0 Å². The molecule has 0 amide bonds. The smallest absolute Gasteiger partial charge is 0.263 e. The van der Waals surface area contributed by atoms with Crippen LogP contribution in [0.1, 0.15) is 29.4 Å². The van der Waals surface area contributed by atoms with Gasteiger partial charge >= 0.3 is 0 Å². The van der Waals surface area contributed by atoms with Crippen LogP contribution in [0.25, 0.3) is 27.5 Å². The maximum absolute atomic E-state index is 13.8. The summed E-state index contributed by atoms with van der Waals surface area (Å²) in [7, 11) is 0. The van der Waals surface area contributed by atoms with E-state index in [0.717, 1.165) is 44.4 Å². The van der Waals surface area contributed by atoms with Crippen molar-refractivity contribution in [2.24, 2.45) is 0 Å². The lowest BCUT2D eigenvalue weighted by atomic mass is 10.1. The lowest BCUT2D eigenvalue weighted by Crippen LogP contribution is -2.25. The van der Waals surface area contributed by atoms with Gasteiger partial charge in [-0.25, -0.2) is 14.6 Å². The molecular weight excluding hydrogens is 400 g/mol. The van der Waals surface area contributed by atoms with Gasteiger partial charge in [0.15, 0.2) is 5.65 Å². The van der Waals surface area contributed by atoms with E-state index in [0.29, 0.717) is 24.4 Å². The lowest BCUT2D eigenvalue weighted by molar-refractivity contribution is 0.658. The Morgan fingerprint density at radius 1 is 0.969 bits per heavy atom. The molecule has 0 spiro atoms. The summed E-state index contributed by atoms with van der Waals surface area (Å²) in [5.41, 5.74) is 11.3. The average molecular weight is 425 g/mol. The minimum absolute atomic E-state index is 0.0359. The predicted octanol–water partition coefficient (Wildman–Crippen LogP) is 3.94. The van der Waals surface area contributed by atoms with Gasteiger partial charge in [-0.05, 0) is 48.9 Å². The summed E-state index contributed by atoms with van der Waals surface area (Å²) in [5.74, 6) is 0.420. The number of rotatable bonds is 4. The first-order chi connectivity index (χ1) is 15.5. The fourth-order valence-corrected chi connectivity index (χ4v) is 4.40. The lowest BCUT2D eigenvalue weighted by Gasteiger charge is -2.17. The third kappa shape index (κ3) is 3.05. The molecule has 0 aliphatic rings. The molecular formula is C25H24N6O. The normalized spacial score (nSPS) is 11.5. The van der Waals surface area contributed by atoms with Crippen LogP contribution < -0.4 is 11.3 Å². The summed E-state index contributed by atoms with van der Waals surface area (Å²) in [6.07, 6.45) is 2.16. The molecule has 0 aliphatic heterocycles. The zero-order valence-electron chi connectivity index (χ0n) is 18.3. The van der Waals surface area contributed by atoms with E-state index in [9.17, 15) is 4.79 Å². The number of nitrogens with zero attached hydrogens (tertiary/aromatic N) is 5. The van der Waals surface area contributed by atoms with Crippen molar-refractivity contribution in [2.75, 3.05) is 5.73 Å². The van der Waals surface area contributed by atoms with Crippen LogP contribution in [-0.2, 0) is 13.0 Å². The minimum Gasteiger partial charge on any atom is -0.383 e. The molecule has 7 nitrogen and oxygen atoms in total. The summed E-state index contributed by atoms with van der Waals surface area (Å²) in [6.45, 7) is 6.39. The number of anilines is 1. The second-order valence-electron chi connectivity index (χ2n) is 8.02. The molecule has 3 aromatic heterocycles. The maximum atomic E-state index is 13.8. The minimum atomic E-state index is -0.0359. The highest BCUT2D eigenvalue weighted by Gasteiger charge is 2.18. The topological polar surface area (TPSA) is 91.6 Å². The van der Waals surface area contributed by atoms with Crippen LogP contribution >= 0.6 is 0 Å². The Kier molecular flexibility index (Phi) is 4.74. The van der Waals surface area contributed by atoms with E-state index in [1.54, 1.807) is 4.57 Å². The Morgan fingerprint density at radius 3 is 2.53 bits per heavy atom. The Balaban J connectivity index is 1.81. The van der Waals surface area contributed by atoms with E-state index in [-0.39, 0.29) is 5.56 Å². The van der Waals surface area contributed by atoms with Gasteiger partial charge < -0.3 is 5.73 Å². The molecule has 32 heavy (non-hydrogen) atoms. The average Bonchev–Trinajstić information content (AvgIpc) is 3.14. The van der Waals surface area contributed by atoms with E-state index in [1.807, 2.05) is 67.9 Å². The Hall–Kier alpha value is -4.00. The van der Waals surface area contributed by atoms with Gasteiger partial charge in [-0.3, -0.25) is 9.36 Å². The molecule has 0 unspecified atom stereocenters. The largest absolute Gasteiger partial charge is 0.383 e. The van der Waals surface area contributed by atoms with E-state index in [2.05, 4.69) is 16.0 Å². The van der Waals surface area contributed by atoms with Gasteiger partial charge in [-0.15, -0.1) is 0 Å². The maximum Gasteiger partial charge on any atom is 0.263 e.